The number of esters is 2. The van der Waals surface area contributed by atoms with E-state index in [-0.39, 0.29) is 53.9 Å². The second-order valence-electron chi connectivity index (χ2n) is 17.8. The van der Waals surface area contributed by atoms with E-state index in [1.807, 2.05) is 0 Å². The molecular formula is C54H93NaO7S. The molecule has 0 N–H and O–H groups in total. The average Bonchev–Trinajstić information content (AvgIpc) is 3.26. The van der Waals surface area contributed by atoms with E-state index < -0.39 is 27.0 Å². The Labute approximate surface area is 410 Å². The number of hydrogen-bond acceptors (Lipinski definition) is 7. The molecule has 0 atom stereocenters. The molecule has 0 aromatic heterocycles. The molecule has 0 heterocycles. The van der Waals surface area contributed by atoms with Crippen molar-refractivity contribution in [3.8, 4) is 0 Å². The van der Waals surface area contributed by atoms with Crippen LogP contribution in [0.1, 0.15) is 279 Å². The van der Waals surface area contributed by atoms with Crippen molar-refractivity contribution >= 4 is 22.1 Å². The summed E-state index contributed by atoms with van der Waals surface area (Å²) in [6.45, 7) is 4.76. The first-order valence-corrected chi connectivity index (χ1v) is 27.5. The summed E-state index contributed by atoms with van der Waals surface area (Å²) in [7, 11) is -4.82. The van der Waals surface area contributed by atoms with Crippen molar-refractivity contribution in [2.24, 2.45) is 0 Å². The molecule has 1 rings (SSSR count). The summed E-state index contributed by atoms with van der Waals surface area (Å²) >= 11 is 0. The molecule has 0 saturated heterocycles. The molecule has 0 saturated carbocycles. The minimum Gasteiger partial charge on any atom is -0.744 e. The van der Waals surface area contributed by atoms with Gasteiger partial charge in [0, 0.05) is 0 Å². The third kappa shape index (κ3) is 38.4. The third-order valence-corrected chi connectivity index (χ3v) is 12.9. The third-order valence-electron chi connectivity index (χ3n) is 12.0. The predicted molar refractivity (Wildman–Crippen MR) is 260 cm³/mol. The van der Waals surface area contributed by atoms with Crippen molar-refractivity contribution < 1.29 is 61.6 Å². The molecular weight excluding hydrogens is 816 g/mol. The van der Waals surface area contributed by atoms with Gasteiger partial charge in [-0.15, -0.1) is 0 Å². The number of benzene rings is 1. The largest absolute Gasteiger partial charge is 1.00 e. The van der Waals surface area contributed by atoms with Crippen LogP contribution in [0.4, 0.5) is 0 Å². The van der Waals surface area contributed by atoms with Crippen molar-refractivity contribution in [1.82, 2.24) is 0 Å². The van der Waals surface area contributed by atoms with Crippen LogP contribution < -0.4 is 29.6 Å². The number of allylic oxidation sites excluding steroid dienone is 4. The number of rotatable bonds is 45. The Kier molecular flexibility index (Phi) is 44.6. The van der Waals surface area contributed by atoms with Gasteiger partial charge in [-0.3, -0.25) is 0 Å². The molecule has 7 nitrogen and oxygen atoms in total. The average molecular weight is 909 g/mol. The summed E-state index contributed by atoms with van der Waals surface area (Å²) in [4.78, 5) is 25.4. The van der Waals surface area contributed by atoms with Crippen LogP contribution in [0.3, 0.4) is 0 Å². The SMILES string of the molecule is CC/C=C/CCCCCCCCCCCCCCCCCCCOC(=O)c1ccc(S(=O)(=O)[O-])cc1C(=O)OCCCCCCCCCCCCCCCCCCC/C=C/CC.[Na+]. The van der Waals surface area contributed by atoms with Crippen LogP contribution in [-0.4, -0.2) is 38.1 Å². The fourth-order valence-corrected chi connectivity index (χ4v) is 8.61. The molecule has 0 aliphatic carbocycles. The summed E-state index contributed by atoms with van der Waals surface area (Å²) in [5.41, 5.74) is -0.327. The molecule has 0 aliphatic heterocycles. The predicted octanol–water partition coefficient (Wildman–Crippen LogP) is 13.9. The van der Waals surface area contributed by atoms with Crippen LogP contribution in [0.2, 0.25) is 0 Å². The molecule has 0 amide bonds. The Bertz CT molecular complexity index is 1380. The van der Waals surface area contributed by atoms with E-state index in [1.165, 1.54) is 192 Å². The van der Waals surface area contributed by atoms with Crippen LogP contribution in [0, 0.1) is 0 Å². The zero-order valence-electron chi connectivity index (χ0n) is 41.1. The molecule has 63 heavy (non-hydrogen) atoms. The van der Waals surface area contributed by atoms with Crippen molar-refractivity contribution in [3.63, 3.8) is 0 Å². The molecule has 0 fully saturated rings. The van der Waals surface area contributed by atoms with E-state index >= 15 is 0 Å². The number of carbonyl (C=O) groups excluding carboxylic acids is 2. The van der Waals surface area contributed by atoms with Crippen molar-refractivity contribution in [1.29, 1.82) is 0 Å². The zero-order chi connectivity index (χ0) is 45.0. The topological polar surface area (TPSA) is 110 Å². The Morgan fingerprint density at radius 3 is 0.984 bits per heavy atom. The van der Waals surface area contributed by atoms with E-state index in [0.717, 1.165) is 57.1 Å². The minimum atomic E-state index is -4.82. The standard InChI is InChI=1S/C54H94O7S.Na/c1-3-5-7-9-11-13-15-17-19-21-23-25-27-29-31-33-35-37-39-41-43-47-60-53(55)51-46-45-50(62(57,58)59)49-52(51)54(56)61-48-44-42-40-38-36-34-32-30-28-26-24-22-20-18-16-14-12-10-8-6-4-2;/h5-8,45-46,49H,3-4,9-44,47-48H2,1-2H3,(H,57,58,59);/q;+1/p-1/b7-5+,8-6+;. The van der Waals surface area contributed by atoms with Gasteiger partial charge in [-0.05, 0) is 69.6 Å². The number of carbonyl (C=O) groups is 2. The number of unbranched alkanes of at least 4 members (excludes halogenated alkanes) is 34. The van der Waals surface area contributed by atoms with Gasteiger partial charge in [0.2, 0.25) is 0 Å². The molecule has 0 aliphatic rings. The Hall–Kier alpha value is -1.45. The van der Waals surface area contributed by atoms with Crippen LogP contribution >= 0.6 is 0 Å². The summed E-state index contributed by atoms with van der Waals surface area (Å²) in [6, 6.07) is 3.16. The quantitative estimate of drug-likeness (QED) is 0.0211. The smallest absolute Gasteiger partial charge is 0.744 e. The maximum Gasteiger partial charge on any atom is 1.00 e. The Morgan fingerprint density at radius 2 is 0.698 bits per heavy atom. The van der Waals surface area contributed by atoms with Gasteiger partial charge in [-0.25, -0.2) is 18.0 Å². The van der Waals surface area contributed by atoms with Gasteiger partial charge in [0.25, 0.3) is 0 Å². The van der Waals surface area contributed by atoms with Gasteiger partial charge in [-0.2, -0.15) is 0 Å². The molecule has 0 unspecified atom stereocenters. The normalized spacial score (nSPS) is 11.7. The first kappa shape index (κ1) is 61.5. The molecule has 9 heteroatoms. The van der Waals surface area contributed by atoms with Gasteiger partial charge in [0.05, 0.1) is 29.2 Å². The molecule has 1 aromatic carbocycles. The first-order valence-electron chi connectivity index (χ1n) is 26.0. The Morgan fingerprint density at radius 1 is 0.429 bits per heavy atom. The monoisotopic (exact) mass is 909 g/mol. The van der Waals surface area contributed by atoms with E-state index in [0.29, 0.717) is 12.8 Å². The fraction of sp³-hybridized carbons (Fsp3) is 0.778. The Balaban J connectivity index is 0.0000384. The van der Waals surface area contributed by atoms with Gasteiger partial charge in [0.1, 0.15) is 10.1 Å². The second-order valence-corrected chi connectivity index (χ2v) is 19.2. The molecule has 0 bridgehead atoms. The molecule has 0 spiro atoms. The van der Waals surface area contributed by atoms with Gasteiger partial charge < -0.3 is 14.0 Å². The van der Waals surface area contributed by atoms with Crippen molar-refractivity contribution in [3.05, 3.63) is 53.6 Å². The van der Waals surface area contributed by atoms with Crippen LogP contribution in [0.15, 0.2) is 47.4 Å². The maximum atomic E-state index is 13.0. The van der Waals surface area contributed by atoms with E-state index in [9.17, 15) is 22.6 Å². The van der Waals surface area contributed by atoms with Gasteiger partial charge in [-0.1, -0.05) is 231 Å². The number of hydrogen-bond donors (Lipinski definition) is 0. The van der Waals surface area contributed by atoms with Crippen LogP contribution in [-0.2, 0) is 19.6 Å². The molecule has 358 valence electrons. The zero-order valence-corrected chi connectivity index (χ0v) is 43.9. The summed E-state index contributed by atoms with van der Waals surface area (Å²) in [5.74, 6) is -1.54. The van der Waals surface area contributed by atoms with E-state index in [2.05, 4.69) is 38.2 Å². The van der Waals surface area contributed by atoms with Gasteiger partial charge >= 0.3 is 41.5 Å². The number of ether oxygens (including phenoxy) is 2. The van der Waals surface area contributed by atoms with Crippen LogP contribution in [0.5, 0.6) is 0 Å². The van der Waals surface area contributed by atoms with E-state index in [1.54, 1.807) is 0 Å². The second kappa shape index (κ2) is 45.7. The van der Waals surface area contributed by atoms with Gasteiger partial charge in [0.15, 0.2) is 0 Å². The van der Waals surface area contributed by atoms with Crippen molar-refractivity contribution in [2.45, 2.75) is 263 Å². The maximum absolute atomic E-state index is 13.0. The molecule has 0 radical (unpaired) electrons. The fourth-order valence-electron chi connectivity index (χ4n) is 8.11. The van der Waals surface area contributed by atoms with Crippen molar-refractivity contribution in [2.75, 3.05) is 13.2 Å². The summed E-state index contributed by atoms with van der Waals surface area (Å²) < 4.78 is 46.0. The minimum absolute atomic E-state index is 0. The van der Waals surface area contributed by atoms with Crippen LogP contribution in [0.25, 0.3) is 0 Å². The molecule has 1 aromatic rings. The summed E-state index contributed by atoms with van der Waals surface area (Å²) in [6.07, 6.45) is 56.6. The van der Waals surface area contributed by atoms with E-state index in [4.69, 9.17) is 9.47 Å². The summed E-state index contributed by atoms with van der Waals surface area (Å²) in [5, 5.41) is 0. The first-order chi connectivity index (χ1) is 30.3.